The summed E-state index contributed by atoms with van der Waals surface area (Å²) in [4.78, 5) is 36.3. The van der Waals surface area contributed by atoms with Crippen LogP contribution < -0.4 is 10.6 Å². The van der Waals surface area contributed by atoms with Crippen molar-refractivity contribution in [2.24, 2.45) is 0 Å². The second-order valence-corrected chi connectivity index (χ2v) is 8.11. The molecule has 0 aliphatic carbocycles. The first-order valence-corrected chi connectivity index (χ1v) is 11.1. The molecule has 0 saturated heterocycles. The molecule has 0 unspecified atom stereocenters. The number of alkyl halides is 3. The summed E-state index contributed by atoms with van der Waals surface area (Å²) in [5.41, 5.74) is 3.51. The minimum atomic E-state index is -4.58. The molecule has 0 atom stereocenters. The number of carbonyl (C=O) groups is 1. The van der Waals surface area contributed by atoms with Crippen molar-refractivity contribution in [3.8, 4) is 11.3 Å². The highest BCUT2D eigenvalue weighted by atomic mass is 19.4. The zero-order valence-corrected chi connectivity index (χ0v) is 19.3. The Kier molecular flexibility index (Phi) is 6.22. The predicted octanol–water partition coefficient (Wildman–Crippen LogP) is 5.80. The minimum Gasteiger partial charge on any atom is -0.341 e. The SMILES string of the molecule is Cc1ccc(NC(=O)Cc2cccc(C(F)(F)F)n2)cc1Nc1ncccc1-c1ncnc2nc[nH]c12.[HH].[HH].[HH]. The molecule has 37 heavy (non-hydrogen) atoms. The normalized spacial score (nSPS) is 11.5. The monoisotopic (exact) mass is 510 g/mol. The van der Waals surface area contributed by atoms with Crippen molar-refractivity contribution in [3.05, 3.63) is 84.3 Å². The van der Waals surface area contributed by atoms with Crippen LogP contribution >= 0.6 is 0 Å². The Morgan fingerprint density at radius 3 is 2.76 bits per heavy atom. The number of aryl methyl sites for hydroxylation is 1. The van der Waals surface area contributed by atoms with Gasteiger partial charge in [-0.05, 0) is 48.9 Å². The smallest absolute Gasteiger partial charge is 0.341 e. The lowest BCUT2D eigenvalue weighted by molar-refractivity contribution is -0.141. The Balaban J connectivity index is 0.00000187. The van der Waals surface area contributed by atoms with Crippen molar-refractivity contribution in [2.45, 2.75) is 19.5 Å². The first-order chi connectivity index (χ1) is 17.8. The molecule has 0 aliphatic rings. The van der Waals surface area contributed by atoms with Crippen molar-refractivity contribution in [1.29, 1.82) is 0 Å². The fourth-order valence-corrected chi connectivity index (χ4v) is 3.73. The van der Waals surface area contributed by atoms with E-state index in [0.717, 1.165) is 11.6 Å². The standard InChI is InChI=1S/C25H19F3N8O.3H2/c1-14-7-8-16(35-20(37)11-15-4-2-6-19(34-15)25(26,27)28)10-18(14)36-23-17(5-3-9-29-23)21-22-24(32-12-30-21)33-13-31-22;;;/h2-10,12-13H,11H2,1H3,(H,29,36)(H,35,37)(H,30,31,32,33);3*1H. The average Bonchev–Trinajstić information content (AvgIpc) is 3.35. The number of hydrogen-bond acceptors (Lipinski definition) is 7. The molecule has 0 fully saturated rings. The van der Waals surface area contributed by atoms with Gasteiger partial charge in [-0.1, -0.05) is 12.1 Å². The Bertz CT molecular complexity index is 1610. The van der Waals surface area contributed by atoms with E-state index in [1.165, 1.54) is 24.8 Å². The van der Waals surface area contributed by atoms with Gasteiger partial charge in [0.15, 0.2) is 5.65 Å². The molecule has 0 spiro atoms. The van der Waals surface area contributed by atoms with Gasteiger partial charge in [-0.25, -0.2) is 24.9 Å². The summed E-state index contributed by atoms with van der Waals surface area (Å²) in [6.45, 7) is 1.89. The van der Waals surface area contributed by atoms with Crippen molar-refractivity contribution in [2.75, 3.05) is 10.6 Å². The third kappa shape index (κ3) is 5.22. The molecular formula is C25H25F3N8O. The molecule has 5 aromatic rings. The zero-order valence-electron chi connectivity index (χ0n) is 19.3. The number of pyridine rings is 2. The molecule has 4 aromatic heterocycles. The van der Waals surface area contributed by atoms with Crippen LogP contribution in [0.2, 0.25) is 0 Å². The van der Waals surface area contributed by atoms with E-state index in [9.17, 15) is 18.0 Å². The van der Waals surface area contributed by atoms with Gasteiger partial charge in [0.1, 0.15) is 29.0 Å². The summed E-state index contributed by atoms with van der Waals surface area (Å²) in [5, 5.41) is 6.00. The number of nitrogens with zero attached hydrogens (tertiary/aromatic N) is 5. The van der Waals surface area contributed by atoms with Gasteiger partial charge < -0.3 is 15.6 Å². The third-order valence-electron chi connectivity index (χ3n) is 5.50. The number of halogens is 3. The summed E-state index contributed by atoms with van der Waals surface area (Å²) in [6.07, 6.45) is -0.282. The van der Waals surface area contributed by atoms with Crippen LogP contribution in [0.4, 0.5) is 30.4 Å². The second-order valence-electron chi connectivity index (χ2n) is 8.11. The van der Waals surface area contributed by atoms with E-state index in [-0.39, 0.29) is 16.4 Å². The van der Waals surface area contributed by atoms with Crippen LogP contribution in [-0.2, 0) is 17.4 Å². The Morgan fingerprint density at radius 2 is 1.92 bits per heavy atom. The average molecular weight is 511 g/mol. The van der Waals surface area contributed by atoms with Gasteiger partial charge in [0.25, 0.3) is 0 Å². The number of nitrogens with one attached hydrogen (secondary N) is 3. The topological polar surface area (TPSA) is 121 Å². The van der Waals surface area contributed by atoms with Gasteiger partial charge in [-0.3, -0.25) is 4.79 Å². The lowest BCUT2D eigenvalue weighted by Crippen LogP contribution is -2.17. The summed E-state index contributed by atoms with van der Waals surface area (Å²) in [7, 11) is 0. The van der Waals surface area contributed by atoms with Gasteiger partial charge in [0.05, 0.1) is 18.4 Å². The van der Waals surface area contributed by atoms with E-state index >= 15 is 0 Å². The number of rotatable bonds is 6. The van der Waals surface area contributed by atoms with Crippen LogP contribution in [0.3, 0.4) is 0 Å². The van der Waals surface area contributed by atoms with Gasteiger partial charge in [-0.2, -0.15) is 13.2 Å². The van der Waals surface area contributed by atoms with Crippen molar-refractivity contribution in [1.82, 2.24) is 29.9 Å². The predicted molar refractivity (Wildman–Crippen MR) is 137 cm³/mol. The van der Waals surface area contributed by atoms with E-state index in [0.29, 0.717) is 39.6 Å². The van der Waals surface area contributed by atoms with Crippen LogP contribution in [0.1, 0.15) is 21.2 Å². The maximum atomic E-state index is 12.9. The molecule has 9 nitrogen and oxygen atoms in total. The fourth-order valence-electron chi connectivity index (χ4n) is 3.73. The number of fused-ring (bicyclic) bond motifs is 1. The van der Waals surface area contributed by atoms with Gasteiger partial charge >= 0.3 is 6.18 Å². The largest absolute Gasteiger partial charge is 0.433 e. The van der Waals surface area contributed by atoms with E-state index in [4.69, 9.17) is 0 Å². The highest BCUT2D eigenvalue weighted by Crippen LogP contribution is 2.32. The molecular weight excluding hydrogens is 485 g/mol. The van der Waals surface area contributed by atoms with Crippen molar-refractivity contribution < 1.29 is 22.2 Å². The molecule has 0 aliphatic heterocycles. The number of carbonyl (C=O) groups excluding carboxylic acids is 1. The molecule has 0 radical (unpaired) electrons. The van der Waals surface area contributed by atoms with E-state index in [2.05, 4.69) is 40.5 Å². The molecule has 0 bridgehead atoms. The summed E-state index contributed by atoms with van der Waals surface area (Å²) >= 11 is 0. The van der Waals surface area contributed by atoms with Crippen LogP contribution in [0.15, 0.2) is 67.4 Å². The fraction of sp³-hybridized carbons (Fsp3) is 0.120. The third-order valence-corrected chi connectivity index (χ3v) is 5.50. The number of benzene rings is 1. The number of aromatic nitrogens is 6. The van der Waals surface area contributed by atoms with Crippen molar-refractivity contribution in [3.63, 3.8) is 0 Å². The van der Waals surface area contributed by atoms with Crippen LogP contribution in [0, 0.1) is 6.92 Å². The number of amides is 1. The summed E-state index contributed by atoms with van der Waals surface area (Å²) < 4.78 is 38.8. The molecule has 5 rings (SSSR count). The zero-order chi connectivity index (χ0) is 26.0. The van der Waals surface area contributed by atoms with E-state index in [1.807, 2.05) is 13.0 Å². The van der Waals surface area contributed by atoms with E-state index in [1.54, 1.807) is 30.5 Å². The maximum absolute atomic E-state index is 12.9. The summed E-state index contributed by atoms with van der Waals surface area (Å²) in [5.74, 6) is 0.0274. The number of hydrogen-bond donors (Lipinski definition) is 3. The molecule has 4 heterocycles. The highest BCUT2D eigenvalue weighted by molar-refractivity contribution is 5.94. The minimum absolute atomic E-state index is 0. The number of aromatic amines is 1. The van der Waals surface area contributed by atoms with Crippen LogP contribution in [0.25, 0.3) is 22.4 Å². The molecule has 1 aromatic carbocycles. The molecule has 3 N–H and O–H groups in total. The van der Waals surface area contributed by atoms with Crippen molar-refractivity contribution >= 4 is 34.3 Å². The first kappa shape index (κ1) is 23.9. The van der Waals surface area contributed by atoms with Gasteiger partial charge in [0, 0.05) is 27.4 Å². The Hall–Kier alpha value is -4.87. The molecule has 0 saturated carbocycles. The Labute approximate surface area is 212 Å². The molecule has 192 valence electrons. The summed E-state index contributed by atoms with van der Waals surface area (Å²) in [6, 6.07) is 12.4. The van der Waals surface area contributed by atoms with Crippen LogP contribution in [-0.4, -0.2) is 35.8 Å². The number of H-pyrrole nitrogens is 1. The lowest BCUT2D eigenvalue weighted by atomic mass is 10.1. The van der Waals surface area contributed by atoms with Crippen LogP contribution in [0.5, 0.6) is 0 Å². The molecule has 1 amide bonds. The maximum Gasteiger partial charge on any atom is 0.433 e. The van der Waals surface area contributed by atoms with Gasteiger partial charge in [0.2, 0.25) is 5.91 Å². The highest BCUT2D eigenvalue weighted by Gasteiger charge is 2.32. The number of imidazole rings is 1. The second kappa shape index (κ2) is 9.64. The molecule has 12 heteroatoms. The first-order valence-electron chi connectivity index (χ1n) is 11.1. The quantitative estimate of drug-likeness (QED) is 0.264. The van der Waals surface area contributed by atoms with E-state index < -0.39 is 17.8 Å². The van der Waals surface area contributed by atoms with Gasteiger partial charge in [-0.15, -0.1) is 0 Å². The lowest BCUT2D eigenvalue weighted by Gasteiger charge is -2.14. The Morgan fingerprint density at radius 1 is 1.05 bits per heavy atom. The number of anilines is 3.